The molecule has 1 aliphatic carbocycles. The minimum Gasteiger partial charge on any atom is -0.484 e. The molecule has 6 heteroatoms. The fraction of sp³-hybridized carbons (Fsp3) is 0.538. The maximum atomic E-state index is 6.12. The minimum absolute atomic E-state index is 0.0265. The van der Waals surface area contributed by atoms with Crippen molar-refractivity contribution < 1.29 is 9.47 Å². The van der Waals surface area contributed by atoms with Crippen LogP contribution in [0.4, 0.5) is 0 Å². The third kappa shape index (κ3) is 3.62. The molecule has 2 nitrogen and oxygen atoms in total. The lowest BCUT2D eigenvalue weighted by atomic mass is 9.91. The number of ether oxygens (including phenoxy) is 2. The van der Waals surface area contributed by atoms with E-state index in [4.69, 9.17) is 55.9 Å². The molecule has 19 heavy (non-hydrogen) atoms. The molecule has 106 valence electrons. The highest BCUT2D eigenvalue weighted by Gasteiger charge is 2.43. The molecular formula is C13H14Cl4O2. The van der Waals surface area contributed by atoms with Crippen LogP contribution in [0.3, 0.4) is 0 Å². The molecule has 0 bridgehead atoms. The third-order valence-corrected chi connectivity index (χ3v) is 4.13. The van der Waals surface area contributed by atoms with E-state index in [1.165, 1.54) is 0 Å². The normalized spacial score (nSPS) is 26.1. The van der Waals surface area contributed by atoms with Gasteiger partial charge in [0.05, 0.1) is 15.4 Å². The molecule has 0 aliphatic heterocycles. The van der Waals surface area contributed by atoms with E-state index in [9.17, 15) is 0 Å². The van der Waals surface area contributed by atoms with Crippen LogP contribution in [-0.4, -0.2) is 24.2 Å². The molecule has 2 rings (SSSR count). The number of benzene rings is 1. The summed E-state index contributed by atoms with van der Waals surface area (Å²) in [7, 11) is 0. The van der Waals surface area contributed by atoms with Gasteiger partial charge in [-0.15, -0.1) is 11.6 Å². The summed E-state index contributed by atoms with van der Waals surface area (Å²) >= 11 is 24.1. The zero-order valence-corrected chi connectivity index (χ0v) is 13.4. The van der Waals surface area contributed by atoms with Gasteiger partial charge in [-0.05, 0) is 18.6 Å². The highest BCUT2D eigenvalue weighted by atomic mass is 35.5. The lowest BCUT2D eigenvalue weighted by molar-refractivity contribution is -0.0797. The number of hydrogen-bond acceptors (Lipinski definition) is 2. The van der Waals surface area contributed by atoms with Gasteiger partial charge >= 0.3 is 0 Å². The Morgan fingerprint density at radius 2 is 1.84 bits per heavy atom. The summed E-state index contributed by atoms with van der Waals surface area (Å²) in [5.41, 5.74) is 0. The van der Waals surface area contributed by atoms with E-state index in [2.05, 4.69) is 0 Å². The van der Waals surface area contributed by atoms with E-state index in [0.717, 1.165) is 6.42 Å². The van der Waals surface area contributed by atoms with Crippen molar-refractivity contribution in [2.45, 2.75) is 37.4 Å². The first-order valence-electron chi connectivity index (χ1n) is 6.09. The first kappa shape index (κ1) is 15.5. The van der Waals surface area contributed by atoms with Crippen LogP contribution in [0, 0.1) is 0 Å². The van der Waals surface area contributed by atoms with Gasteiger partial charge in [-0.1, -0.05) is 41.7 Å². The molecule has 3 unspecified atom stereocenters. The van der Waals surface area contributed by atoms with Gasteiger partial charge in [0, 0.05) is 18.1 Å². The van der Waals surface area contributed by atoms with Crippen molar-refractivity contribution in [2.75, 3.05) is 6.61 Å². The molecule has 1 fully saturated rings. The van der Waals surface area contributed by atoms with Crippen molar-refractivity contribution in [3.63, 3.8) is 0 Å². The highest BCUT2D eigenvalue weighted by molar-refractivity contribution is 6.40. The Morgan fingerprint density at radius 3 is 2.37 bits per heavy atom. The molecule has 0 saturated heterocycles. The summed E-state index contributed by atoms with van der Waals surface area (Å²) in [4.78, 5) is 0. The lowest BCUT2D eigenvalue weighted by Gasteiger charge is -2.40. The lowest BCUT2D eigenvalue weighted by Crippen LogP contribution is -2.52. The molecule has 0 N–H and O–H groups in total. The van der Waals surface area contributed by atoms with Crippen molar-refractivity contribution in [3.05, 3.63) is 27.2 Å². The van der Waals surface area contributed by atoms with Gasteiger partial charge in [-0.3, -0.25) is 0 Å². The second-order valence-corrected chi connectivity index (χ2v) is 6.25. The van der Waals surface area contributed by atoms with Crippen LogP contribution in [0.5, 0.6) is 5.75 Å². The number of alkyl halides is 1. The van der Waals surface area contributed by atoms with E-state index < -0.39 is 0 Å². The van der Waals surface area contributed by atoms with E-state index in [1.807, 2.05) is 6.92 Å². The molecule has 0 spiro atoms. The summed E-state index contributed by atoms with van der Waals surface area (Å²) < 4.78 is 11.5. The van der Waals surface area contributed by atoms with Crippen LogP contribution < -0.4 is 4.74 Å². The summed E-state index contributed by atoms with van der Waals surface area (Å²) in [6, 6.07) is 3.20. The molecule has 0 aromatic heterocycles. The first-order chi connectivity index (χ1) is 9.02. The molecule has 1 aromatic rings. The minimum atomic E-state index is -0.121. The van der Waals surface area contributed by atoms with Gasteiger partial charge in [-0.25, -0.2) is 0 Å². The highest BCUT2D eigenvalue weighted by Crippen LogP contribution is 2.40. The standard InChI is InChI=1S/C13H14Cl4O2/c1-2-3-18-13-10(17)6-11(13)19-12-8(15)4-7(14)5-9(12)16/h4-5,10-11,13H,2-3,6H2,1H3. The van der Waals surface area contributed by atoms with Crippen LogP contribution in [-0.2, 0) is 4.74 Å². The first-order valence-corrected chi connectivity index (χ1v) is 7.66. The average molecular weight is 344 g/mol. The van der Waals surface area contributed by atoms with Crippen LogP contribution >= 0.6 is 46.4 Å². The van der Waals surface area contributed by atoms with Crippen LogP contribution in [0.15, 0.2) is 12.1 Å². The van der Waals surface area contributed by atoms with Crippen molar-refractivity contribution in [2.24, 2.45) is 0 Å². The zero-order valence-electron chi connectivity index (χ0n) is 10.3. The molecular weight excluding hydrogens is 330 g/mol. The van der Waals surface area contributed by atoms with Crippen LogP contribution in [0.2, 0.25) is 15.1 Å². The fourth-order valence-electron chi connectivity index (χ4n) is 1.90. The molecule has 1 aliphatic rings. The fourth-order valence-corrected chi connectivity index (χ4v) is 3.22. The number of hydrogen-bond donors (Lipinski definition) is 0. The molecule has 0 amide bonds. The Hall–Kier alpha value is 0.140. The topological polar surface area (TPSA) is 18.5 Å². The smallest absolute Gasteiger partial charge is 0.157 e. The SMILES string of the molecule is CCCOC1C(Cl)CC1Oc1c(Cl)cc(Cl)cc1Cl. The molecule has 0 radical (unpaired) electrons. The predicted octanol–water partition coefficient (Wildman–Crippen LogP) is 5.20. The van der Waals surface area contributed by atoms with Crippen molar-refractivity contribution >= 4 is 46.4 Å². The summed E-state index contributed by atoms with van der Waals surface area (Å²) in [5, 5.41) is 1.24. The Morgan fingerprint density at radius 1 is 1.21 bits per heavy atom. The van der Waals surface area contributed by atoms with Gasteiger partial charge in [-0.2, -0.15) is 0 Å². The molecule has 1 saturated carbocycles. The maximum absolute atomic E-state index is 6.12. The largest absolute Gasteiger partial charge is 0.484 e. The van der Waals surface area contributed by atoms with Crippen LogP contribution in [0.1, 0.15) is 19.8 Å². The van der Waals surface area contributed by atoms with Crippen molar-refractivity contribution in [1.82, 2.24) is 0 Å². The van der Waals surface area contributed by atoms with Crippen molar-refractivity contribution in [1.29, 1.82) is 0 Å². The van der Waals surface area contributed by atoms with Crippen LogP contribution in [0.25, 0.3) is 0 Å². The average Bonchev–Trinajstić information content (AvgIpc) is 2.32. The molecule has 1 aromatic carbocycles. The zero-order chi connectivity index (χ0) is 14.0. The van der Waals surface area contributed by atoms with E-state index in [1.54, 1.807) is 12.1 Å². The van der Waals surface area contributed by atoms with Gasteiger partial charge < -0.3 is 9.47 Å². The quantitative estimate of drug-likeness (QED) is 0.684. The van der Waals surface area contributed by atoms with E-state index >= 15 is 0 Å². The Bertz CT molecular complexity index is 429. The van der Waals surface area contributed by atoms with Gasteiger partial charge in [0.2, 0.25) is 0 Å². The summed E-state index contributed by atoms with van der Waals surface area (Å²) in [6.07, 6.45) is 1.41. The number of rotatable bonds is 5. The van der Waals surface area contributed by atoms with Crippen molar-refractivity contribution in [3.8, 4) is 5.75 Å². The monoisotopic (exact) mass is 342 g/mol. The molecule has 3 atom stereocenters. The number of halogens is 4. The van der Waals surface area contributed by atoms with E-state index in [0.29, 0.717) is 33.8 Å². The van der Waals surface area contributed by atoms with Gasteiger partial charge in [0.25, 0.3) is 0 Å². The second-order valence-electron chi connectivity index (χ2n) is 4.44. The second kappa shape index (κ2) is 6.73. The Balaban J connectivity index is 2.05. The summed E-state index contributed by atoms with van der Waals surface area (Å²) in [5.74, 6) is 0.436. The molecule has 0 heterocycles. The van der Waals surface area contributed by atoms with Gasteiger partial charge in [0.1, 0.15) is 12.2 Å². The van der Waals surface area contributed by atoms with E-state index in [-0.39, 0.29) is 17.6 Å². The Labute approximate surface area is 132 Å². The summed E-state index contributed by atoms with van der Waals surface area (Å²) in [6.45, 7) is 2.71. The predicted molar refractivity (Wildman–Crippen MR) is 80.2 cm³/mol. The maximum Gasteiger partial charge on any atom is 0.157 e. The van der Waals surface area contributed by atoms with Gasteiger partial charge in [0.15, 0.2) is 5.75 Å². The third-order valence-electron chi connectivity index (χ3n) is 2.93. The Kier molecular flexibility index (Phi) is 5.50.